The van der Waals surface area contributed by atoms with Crippen molar-refractivity contribution in [2.45, 2.75) is 19.8 Å². The Morgan fingerprint density at radius 2 is 2.41 bits per heavy atom. The molecule has 0 bridgehead atoms. The molecule has 5 heteroatoms. The first-order chi connectivity index (χ1) is 8.19. The van der Waals surface area contributed by atoms with Crippen LogP contribution in [0.2, 0.25) is 5.15 Å². The van der Waals surface area contributed by atoms with Gasteiger partial charge in [-0.15, -0.1) is 0 Å². The van der Waals surface area contributed by atoms with Gasteiger partial charge in [0.1, 0.15) is 11.7 Å². The van der Waals surface area contributed by atoms with Gasteiger partial charge in [0.15, 0.2) is 0 Å². The molecule has 1 aromatic heterocycles. The molecule has 0 N–H and O–H groups in total. The molecule has 1 aromatic rings. The van der Waals surface area contributed by atoms with E-state index in [-0.39, 0.29) is 17.6 Å². The molecular formula is C12H14ClN3O. The summed E-state index contributed by atoms with van der Waals surface area (Å²) in [6.45, 7) is 2.72. The van der Waals surface area contributed by atoms with E-state index in [0.29, 0.717) is 12.1 Å². The maximum absolute atomic E-state index is 12.1. The number of hydrogen-bond acceptors (Lipinski definition) is 3. The second-order valence-corrected chi connectivity index (χ2v) is 3.99. The standard InChI is InChI=1S/C12H14ClN3O/c1-2-3-7-16(8-5-14)12(17)10-4-6-15-11(13)9-10/h4,6,9H,2-3,7-8H2,1H3. The van der Waals surface area contributed by atoms with Gasteiger partial charge in [0.2, 0.25) is 0 Å². The fourth-order valence-corrected chi connectivity index (χ4v) is 1.58. The average Bonchev–Trinajstić information content (AvgIpc) is 2.33. The number of amides is 1. The maximum atomic E-state index is 12.1. The lowest BCUT2D eigenvalue weighted by atomic mass is 10.2. The van der Waals surface area contributed by atoms with Gasteiger partial charge in [-0.05, 0) is 18.6 Å². The van der Waals surface area contributed by atoms with Crippen molar-refractivity contribution in [3.63, 3.8) is 0 Å². The lowest BCUT2D eigenvalue weighted by Gasteiger charge is -2.19. The molecule has 0 radical (unpaired) electrons. The Morgan fingerprint density at radius 1 is 1.65 bits per heavy atom. The van der Waals surface area contributed by atoms with Crippen LogP contribution in [0.25, 0.3) is 0 Å². The van der Waals surface area contributed by atoms with Crippen molar-refractivity contribution >= 4 is 17.5 Å². The van der Waals surface area contributed by atoms with E-state index in [1.54, 1.807) is 6.07 Å². The average molecular weight is 252 g/mol. The Labute approximate surface area is 106 Å². The second kappa shape index (κ2) is 6.87. The van der Waals surface area contributed by atoms with Crippen LogP contribution in [-0.4, -0.2) is 28.9 Å². The van der Waals surface area contributed by atoms with Crippen LogP contribution in [-0.2, 0) is 0 Å². The van der Waals surface area contributed by atoms with E-state index in [4.69, 9.17) is 16.9 Å². The third kappa shape index (κ3) is 4.04. The molecule has 0 saturated carbocycles. The summed E-state index contributed by atoms with van der Waals surface area (Å²) < 4.78 is 0. The van der Waals surface area contributed by atoms with Crippen LogP contribution < -0.4 is 0 Å². The first-order valence-electron chi connectivity index (χ1n) is 5.46. The Balaban J connectivity index is 2.80. The summed E-state index contributed by atoms with van der Waals surface area (Å²) in [5.41, 5.74) is 0.469. The van der Waals surface area contributed by atoms with Gasteiger partial charge in [-0.1, -0.05) is 24.9 Å². The maximum Gasteiger partial charge on any atom is 0.254 e. The fraction of sp³-hybridized carbons (Fsp3) is 0.417. The molecule has 0 fully saturated rings. The number of pyridine rings is 1. The van der Waals surface area contributed by atoms with E-state index in [9.17, 15) is 4.79 Å². The summed E-state index contributed by atoms with van der Waals surface area (Å²) in [5, 5.41) is 8.98. The molecule has 0 spiro atoms. The van der Waals surface area contributed by atoms with Crippen LogP contribution in [0.3, 0.4) is 0 Å². The number of aromatic nitrogens is 1. The van der Waals surface area contributed by atoms with Gasteiger partial charge in [0, 0.05) is 18.3 Å². The highest BCUT2D eigenvalue weighted by Crippen LogP contribution is 2.10. The van der Waals surface area contributed by atoms with Crippen molar-refractivity contribution in [2.24, 2.45) is 0 Å². The van der Waals surface area contributed by atoms with E-state index in [1.807, 2.05) is 13.0 Å². The largest absolute Gasteiger partial charge is 0.325 e. The van der Waals surface area contributed by atoms with Crippen molar-refractivity contribution in [2.75, 3.05) is 13.1 Å². The molecule has 17 heavy (non-hydrogen) atoms. The minimum atomic E-state index is -0.177. The number of rotatable bonds is 5. The molecular weight excluding hydrogens is 238 g/mol. The highest BCUT2D eigenvalue weighted by Gasteiger charge is 2.15. The van der Waals surface area contributed by atoms with E-state index in [1.165, 1.54) is 17.2 Å². The second-order valence-electron chi connectivity index (χ2n) is 3.61. The summed E-state index contributed by atoms with van der Waals surface area (Å²) in [6, 6.07) is 5.11. The molecule has 1 heterocycles. The Hall–Kier alpha value is -1.60. The molecule has 0 aliphatic heterocycles. The predicted molar refractivity (Wildman–Crippen MR) is 65.7 cm³/mol. The van der Waals surface area contributed by atoms with Crippen molar-refractivity contribution < 1.29 is 4.79 Å². The number of unbranched alkanes of at least 4 members (excludes halogenated alkanes) is 1. The minimum Gasteiger partial charge on any atom is -0.325 e. The third-order valence-corrected chi connectivity index (χ3v) is 2.51. The molecule has 0 aliphatic rings. The predicted octanol–water partition coefficient (Wildman–Crippen LogP) is 2.50. The molecule has 90 valence electrons. The van der Waals surface area contributed by atoms with Crippen LogP contribution in [0.4, 0.5) is 0 Å². The van der Waals surface area contributed by atoms with E-state index < -0.39 is 0 Å². The first-order valence-corrected chi connectivity index (χ1v) is 5.84. The number of hydrogen-bond donors (Lipinski definition) is 0. The number of carbonyl (C=O) groups excluding carboxylic acids is 1. The molecule has 0 saturated heterocycles. The van der Waals surface area contributed by atoms with Crippen LogP contribution in [0.15, 0.2) is 18.3 Å². The summed E-state index contributed by atoms with van der Waals surface area (Å²) in [6.07, 6.45) is 3.35. The van der Waals surface area contributed by atoms with Crippen molar-refractivity contribution in [1.29, 1.82) is 5.26 Å². The van der Waals surface area contributed by atoms with Gasteiger partial charge in [-0.25, -0.2) is 4.98 Å². The molecule has 1 amide bonds. The van der Waals surface area contributed by atoms with E-state index in [0.717, 1.165) is 12.8 Å². The van der Waals surface area contributed by atoms with Crippen LogP contribution in [0.5, 0.6) is 0 Å². The quantitative estimate of drug-likeness (QED) is 0.597. The van der Waals surface area contributed by atoms with Crippen molar-refractivity contribution in [1.82, 2.24) is 9.88 Å². The number of halogens is 1. The SMILES string of the molecule is CCCCN(CC#N)C(=O)c1ccnc(Cl)c1. The lowest BCUT2D eigenvalue weighted by molar-refractivity contribution is 0.0774. The topological polar surface area (TPSA) is 57.0 Å². The zero-order chi connectivity index (χ0) is 12.7. The zero-order valence-corrected chi connectivity index (χ0v) is 10.4. The highest BCUT2D eigenvalue weighted by molar-refractivity contribution is 6.29. The Kier molecular flexibility index (Phi) is 5.44. The van der Waals surface area contributed by atoms with Crippen LogP contribution in [0.1, 0.15) is 30.1 Å². The smallest absolute Gasteiger partial charge is 0.254 e. The number of carbonyl (C=O) groups is 1. The summed E-state index contributed by atoms with van der Waals surface area (Å²) in [5.74, 6) is -0.177. The Bertz CT molecular complexity index is 428. The zero-order valence-electron chi connectivity index (χ0n) is 9.69. The van der Waals surface area contributed by atoms with Crippen LogP contribution in [0, 0.1) is 11.3 Å². The minimum absolute atomic E-state index is 0.0960. The monoisotopic (exact) mass is 251 g/mol. The van der Waals surface area contributed by atoms with Gasteiger partial charge in [-0.2, -0.15) is 5.26 Å². The van der Waals surface area contributed by atoms with E-state index in [2.05, 4.69) is 4.98 Å². The lowest BCUT2D eigenvalue weighted by Crippen LogP contribution is -2.32. The van der Waals surface area contributed by atoms with Gasteiger partial charge < -0.3 is 4.90 Å². The van der Waals surface area contributed by atoms with Gasteiger partial charge in [0.25, 0.3) is 5.91 Å². The van der Waals surface area contributed by atoms with Crippen molar-refractivity contribution in [3.8, 4) is 6.07 Å². The van der Waals surface area contributed by atoms with Crippen LogP contribution >= 0.6 is 11.6 Å². The molecule has 0 unspecified atom stereocenters. The first kappa shape index (κ1) is 13.5. The number of nitrogens with zero attached hydrogens (tertiary/aromatic N) is 3. The molecule has 0 aromatic carbocycles. The van der Waals surface area contributed by atoms with Gasteiger partial charge in [-0.3, -0.25) is 4.79 Å². The number of nitriles is 1. The van der Waals surface area contributed by atoms with E-state index >= 15 is 0 Å². The van der Waals surface area contributed by atoms with Gasteiger partial charge in [0.05, 0.1) is 6.07 Å². The summed E-state index contributed by atoms with van der Waals surface area (Å²) in [4.78, 5) is 17.4. The highest BCUT2D eigenvalue weighted by atomic mass is 35.5. The normalized spacial score (nSPS) is 9.71. The van der Waals surface area contributed by atoms with Crippen molar-refractivity contribution in [3.05, 3.63) is 29.0 Å². The molecule has 0 atom stereocenters. The van der Waals surface area contributed by atoms with Gasteiger partial charge >= 0.3 is 0 Å². The molecule has 1 rings (SSSR count). The Morgan fingerprint density at radius 3 is 3.00 bits per heavy atom. The third-order valence-electron chi connectivity index (χ3n) is 2.30. The summed E-state index contributed by atoms with van der Waals surface area (Å²) in [7, 11) is 0. The molecule has 4 nitrogen and oxygen atoms in total. The fourth-order valence-electron chi connectivity index (χ4n) is 1.40. The molecule has 0 aliphatic carbocycles. The summed E-state index contributed by atoms with van der Waals surface area (Å²) >= 11 is 5.73.